The second-order valence-corrected chi connectivity index (χ2v) is 11.1. The summed E-state index contributed by atoms with van der Waals surface area (Å²) in [6.07, 6.45) is 3.51. The van der Waals surface area contributed by atoms with E-state index in [9.17, 15) is 13.6 Å². The maximum absolute atomic E-state index is 12.4. The van der Waals surface area contributed by atoms with E-state index in [2.05, 4.69) is 0 Å². The fourth-order valence-corrected chi connectivity index (χ4v) is 7.36. The number of carbonyl (C=O) groups excluding carboxylic acids is 1. The van der Waals surface area contributed by atoms with Gasteiger partial charge in [-0.15, -0.1) is 27.7 Å². The minimum atomic E-state index is -3.32. The SMILES string of the molecule is CSC1SC(C(=O)Sc2ccccc2)C=C1[S+](=O)([O-])C(C)C. The van der Waals surface area contributed by atoms with Gasteiger partial charge in [0.15, 0.2) is 4.91 Å². The van der Waals surface area contributed by atoms with Crippen LogP contribution in [0.3, 0.4) is 0 Å². The van der Waals surface area contributed by atoms with Crippen LogP contribution in [0.25, 0.3) is 0 Å². The van der Waals surface area contributed by atoms with Gasteiger partial charge in [-0.05, 0) is 38.3 Å². The Kier molecular flexibility index (Phi) is 6.24. The number of hydrogen-bond acceptors (Lipinski definition) is 6. The van der Waals surface area contributed by atoms with E-state index in [-0.39, 0.29) is 9.70 Å². The summed E-state index contributed by atoms with van der Waals surface area (Å²) in [6.45, 7) is 3.35. The van der Waals surface area contributed by atoms with Gasteiger partial charge in [0.05, 0.1) is 15.5 Å². The molecule has 1 aliphatic heterocycles. The summed E-state index contributed by atoms with van der Waals surface area (Å²) in [6, 6.07) is 9.42. The molecule has 0 aromatic heterocycles. The Morgan fingerprint density at radius 3 is 2.50 bits per heavy atom. The van der Waals surface area contributed by atoms with Crippen molar-refractivity contribution >= 4 is 50.6 Å². The van der Waals surface area contributed by atoms with Gasteiger partial charge in [-0.1, -0.05) is 30.0 Å². The van der Waals surface area contributed by atoms with Gasteiger partial charge >= 0.3 is 0 Å². The molecule has 1 aromatic carbocycles. The number of thioether (sulfide) groups is 3. The van der Waals surface area contributed by atoms with Gasteiger partial charge < -0.3 is 4.55 Å². The summed E-state index contributed by atoms with van der Waals surface area (Å²) >= 11 is 4.04. The van der Waals surface area contributed by atoms with Gasteiger partial charge in [0.2, 0.25) is 5.12 Å². The highest BCUT2D eigenvalue weighted by atomic mass is 32.3. The van der Waals surface area contributed by atoms with Gasteiger partial charge in [-0.2, -0.15) is 0 Å². The van der Waals surface area contributed by atoms with Crippen LogP contribution >= 0.6 is 35.3 Å². The molecule has 0 saturated carbocycles. The van der Waals surface area contributed by atoms with E-state index in [0.717, 1.165) is 4.90 Å². The van der Waals surface area contributed by atoms with Crippen LogP contribution in [0.5, 0.6) is 0 Å². The predicted octanol–water partition coefficient (Wildman–Crippen LogP) is 4.03. The van der Waals surface area contributed by atoms with Gasteiger partial charge in [-0.3, -0.25) is 4.79 Å². The molecule has 0 bridgehead atoms. The highest BCUT2D eigenvalue weighted by Gasteiger charge is 2.42. The van der Waals surface area contributed by atoms with Crippen molar-refractivity contribution in [3.8, 4) is 0 Å². The highest BCUT2D eigenvalue weighted by Crippen LogP contribution is 2.46. The molecule has 22 heavy (non-hydrogen) atoms. The molecular formula is C15H18O3S4. The first-order chi connectivity index (χ1) is 10.4. The van der Waals surface area contributed by atoms with Crippen molar-refractivity contribution in [3.63, 3.8) is 0 Å². The normalized spacial score (nSPS) is 24.1. The summed E-state index contributed by atoms with van der Waals surface area (Å²) in [5.74, 6) is 0. The molecule has 3 unspecified atom stereocenters. The molecule has 0 saturated heterocycles. The molecular weight excluding hydrogens is 356 g/mol. The lowest BCUT2D eigenvalue weighted by Gasteiger charge is -2.22. The molecule has 1 aliphatic rings. The molecule has 0 spiro atoms. The maximum atomic E-state index is 12.4. The fourth-order valence-electron chi connectivity index (χ4n) is 1.93. The zero-order valence-corrected chi connectivity index (χ0v) is 15.8. The largest absolute Gasteiger partial charge is 0.610 e. The second-order valence-electron chi connectivity index (χ2n) is 5.02. The topological polar surface area (TPSA) is 57.2 Å². The molecule has 3 atom stereocenters. The van der Waals surface area contributed by atoms with E-state index in [1.54, 1.807) is 19.9 Å². The minimum absolute atomic E-state index is 0.0239. The quantitative estimate of drug-likeness (QED) is 0.573. The van der Waals surface area contributed by atoms with Gasteiger partial charge in [0.1, 0.15) is 9.83 Å². The molecule has 3 nitrogen and oxygen atoms in total. The zero-order chi connectivity index (χ0) is 16.3. The lowest BCUT2D eigenvalue weighted by atomic mass is 10.4. The Morgan fingerprint density at radius 1 is 1.32 bits per heavy atom. The van der Waals surface area contributed by atoms with Gasteiger partial charge in [0.25, 0.3) is 0 Å². The number of benzene rings is 1. The summed E-state index contributed by atoms with van der Waals surface area (Å²) in [5, 5.41) is -0.903. The molecule has 1 aromatic rings. The van der Waals surface area contributed by atoms with Gasteiger partial charge in [0, 0.05) is 4.90 Å². The van der Waals surface area contributed by atoms with E-state index in [1.807, 2.05) is 36.6 Å². The molecule has 0 aliphatic carbocycles. The minimum Gasteiger partial charge on any atom is -0.610 e. The summed E-state index contributed by atoms with van der Waals surface area (Å²) < 4.78 is 24.6. The first-order valence-electron chi connectivity index (χ1n) is 6.77. The van der Waals surface area contributed by atoms with E-state index < -0.39 is 20.7 Å². The third-order valence-corrected chi connectivity index (χ3v) is 9.59. The maximum Gasteiger partial charge on any atom is 0.210 e. The zero-order valence-electron chi connectivity index (χ0n) is 12.6. The van der Waals surface area contributed by atoms with E-state index in [1.165, 1.54) is 35.3 Å². The second kappa shape index (κ2) is 7.57. The standard InChI is InChI=1S/C15H18O3S4/c1-10(2)22(17,18)13-9-12(21-15(13)19-3)14(16)20-11-7-5-4-6-8-11/h4-10,12,15H,1-3H3. The predicted molar refractivity (Wildman–Crippen MR) is 98.0 cm³/mol. The summed E-state index contributed by atoms with van der Waals surface area (Å²) in [7, 11) is -3.32. The van der Waals surface area contributed by atoms with Crippen LogP contribution in [0, 0.1) is 0 Å². The first kappa shape index (κ1) is 18.1. The van der Waals surface area contributed by atoms with Crippen molar-refractivity contribution in [1.82, 2.24) is 0 Å². The van der Waals surface area contributed by atoms with Crippen molar-refractivity contribution in [2.45, 2.75) is 33.8 Å². The highest BCUT2D eigenvalue weighted by molar-refractivity contribution is 8.22. The molecule has 0 radical (unpaired) electrons. The first-order valence-corrected chi connectivity index (χ1v) is 11.4. The van der Waals surface area contributed by atoms with E-state index in [4.69, 9.17) is 0 Å². The molecule has 0 amide bonds. The van der Waals surface area contributed by atoms with Crippen LogP contribution in [-0.4, -0.2) is 31.0 Å². The van der Waals surface area contributed by atoms with Crippen LogP contribution in [0.1, 0.15) is 13.8 Å². The Morgan fingerprint density at radius 2 is 1.95 bits per heavy atom. The summed E-state index contributed by atoms with van der Waals surface area (Å²) in [4.78, 5) is 13.7. The fraction of sp³-hybridized carbons (Fsp3) is 0.400. The van der Waals surface area contributed by atoms with Crippen molar-refractivity contribution in [3.05, 3.63) is 41.3 Å². The van der Waals surface area contributed by atoms with Crippen molar-refractivity contribution in [2.24, 2.45) is 0 Å². The van der Waals surface area contributed by atoms with Crippen LogP contribution < -0.4 is 0 Å². The monoisotopic (exact) mass is 374 g/mol. The molecule has 0 fully saturated rings. The van der Waals surface area contributed by atoms with Crippen LogP contribution in [0.15, 0.2) is 46.2 Å². The number of rotatable bonds is 5. The number of sulfone groups is 1. The summed E-state index contributed by atoms with van der Waals surface area (Å²) in [5.41, 5.74) is 0. The smallest absolute Gasteiger partial charge is 0.210 e. The van der Waals surface area contributed by atoms with E-state index >= 15 is 0 Å². The van der Waals surface area contributed by atoms with Gasteiger partial charge in [-0.25, -0.2) is 0 Å². The van der Waals surface area contributed by atoms with Crippen molar-refractivity contribution in [2.75, 3.05) is 6.26 Å². The molecule has 1 heterocycles. The van der Waals surface area contributed by atoms with E-state index in [0.29, 0.717) is 4.91 Å². The van der Waals surface area contributed by atoms with Crippen molar-refractivity contribution < 1.29 is 13.6 Å². The molecule has 2 rings (SSSR count). The number of hydrogen-bond donors (Lipinski definition) is 0. The van der Waals surface area contributed by atoms with Crippen molar-refractivity contribution in [1.29, 1.82) is 0 Å². The third-order valence-electron chi connectivity index (χ3n) is 3.18. The Bertz CT molecular complexity index is 612. The Hall–Kier alpha value is -0.210. The average Bonchev–Trinajstić information content (AvgIpc) is 2.93. The molecule has 120 valence electrons. The Balaban J connectivity index is 2.18. The molecule has 7 heteroatoms. The Labute approximate surface area is 145 Å². The lowest BCUT2D eigenvalue weighted by molar-refractivity contribution is -0.109. The third kappa shape index (κ3) is 4.00. The average molecular weight is 375 g/mol. The van der Waals surface area contributed by atoms with Crippen LogP contribution in [0.2, 0.25) is 0 Å². The van der Waals surface area contributed by atoms with Crippen LogP contribution in [-0.2, 0) is 19.2 Å². The lowest BCUT2D eigenvalue weighted by Crippen LogP contribution is -2.26. The number of carbonyl (C=O) groups is 1. The van der Waals surface area contributed by atoms with Crippen LogP contribution in [0.4, 0.5) is 0 Å². The molecule has 0 N–H and O–H groups in total.